The molecule has 0 aliphatic carbocycles. The molecule has 0 bridgehead atoms. The lowest BCUT2D eigenvalue weighted by Gasteiger charge is -2.24. The molecule has 2 atom stereocenters. The van der Waals surface area contributed by atoms with Crippen molar-refractivity contribution < 1.29 is 24.7 Å². The molecular weight excluding hydrogens is 552 g/mol. The van der Waals surface area contributed by atoms with E-state index in [4.69, 9.17) is 4.74 Å². The first-order valence-electron chi connectivity index (χ1n) is 15.8. The topological polar surface area (TPSA) is 100 Å². The van der Waals surface area contributed by atoms with E-state index in [1.807, 2.05) is 89.1 Å². The Kier molecular flexibility index (Phi) is 12.4. The second kappa shape index (κ2) is 16.6. The molecule has 234 valence electrons. The summed E-state index contributed by atoms with van der Waals surface area (Å²) in [6.07, 6.45) is 5.18. The van der Waals surface area contributed by atoms with Crippen LogP contribution in [0.25, 0.3) is 10.9 Å². The largest absolute Gasteiger partial charge is 0.497 e. The molecule has 0 saturated carbocycles. The van der Waals surface area contributed by atoms with Crippen LogP contribution in [0, 0.1) is 0 Å². The van der Waals surface area contributed by atoms with Crippen molar-refractivity contribution in [3.8, 4) is 5.75 Å². The predicted molar refractivity (Wildman–Crippen MR) is 175 cm³/mol. The minimum Gasteiger partial charge on any atom is -0.497 e. The average Bonchev–Trinajstić information content (AvgIpc) is 3.45. The van der Waals surface area contributed by atoms with Crippen LogP contribution >= 0.6 is 0 Å². The van der Waals surface area contributed by atoms with Gasteiger partial charge < -0.3 is 25.4 Å². The van der Waals surface area contributed by atoms with Crippen molar-refractivity contribution >= 4 is 22.8 Å². The van der Waals surface area contributed by atoms with E-state index in [9.17, 15) is 14.7 Å². The van der Waals surface area contributed by atoms with E-state index in [-0.39, 0.29) is 11.9 Å². The molecular formula is C36H47N4O4+. The third-order valence-electron chi connectivity index (χ3n) is 8.00. The molecule has 8 heteroatoms. The summed E-state index contributed by atoms with van der Waals surface area (Å²) >= 11 is 0. The lowest BCUT2D eigenvalue weighted by molar-refractivity contribution is -0.676. The highest BCUT2D eigenvalue weighted by atomic mass is 16.5. The molecule has 4 aromatic rings. The van der Waals surface area contributed by atoms with Crippen LogP contribution in [0.5, 0.6) is 5.75 Å². The molecule has 8 nitrogen and oxygen atoms in total. The monoisotopic (exact) mass is 599 g/mol. The van der Waals surface area contributed by atoms with Crippen LogP contribution in [-0.4, -0.2) is 65.4 Å². The van der Waals surface area contributed by atoms with Gasteiger partial charge in [0.05, 0.1) is 24.2 Å². The van der Waals surface area contributed by atoms with Crippen molar-refractivity contribution in [2.45, 2.75) is 64.6 Å². The van der Waals surface area contributed by atoms with Crippen molar-refractivity contribution in [1.82, 2.24) is 14.8 Å². The number of nitrogens with zero attached hydrogens (tertiary/aromatic N) is 2. The van der Waals surface area contributed by atoms with Crippen LogP contribution in [-0.2, 0) is 13.0 Å². The molecule has 0 saturated heterocycles. The lowest BCUT2D eigenvalue weighted by atomic mass is 10.00. The number of fused-ring (bicyclic) bond motifs is 1. The van der Waals surface area contributed by atoms with Gasteiger partial charge in [0.15, 0.2) is 0 Å². The molecule has 0 spiro atoms. The van der Waals surface area contributed by atoms with Gasteiger partial charge in [0.2, 0.25) is 0 Å². The first kappa shape index (κ1) is 32.8. The normalized spacial score (nSPS) is 12.5. The fourth-order valence-corrected chi connectivity index (χ4v) is 5.45. The van der Waals surface area contributed by atoms with Crippen LogP contribution in [0.4, 0.5) is 4.79 Å². The highest BCUT2D eigenvalue weighted by molar-refractivity contribution is 6.09. The zero-order valence-electron chi connectivity index (χ0n) is 26.2. The minimum atomic E-state index is -0.807. The number of nitrogens with two attached hydrogens (primary N) is 1. The molecule has 3 aromatic carbocycles. The van der Waals surface area contributed by atoms with Crippen LogP contribution in [0.15, 0.2) is 85.1 Å². The molecule has 0 aliphatic heterocycles. The maximum Gasteiger partial charge on any atom is 0.328 e. The van der Waals surface area contributed by atoms with Crippen molar-refractivity contribution in [2.24, 2.45) is 0 Å². The number of nitrogens with one attached hydrogen (secondary N) is 1. The second-order valence-electron chi connectivity index (χ2n) is 11.3. The Morgan fingerprint density at radius 1 is 0.932 bits per heavy atom. The summed E-state index contributed by atoms with van der Waals surface area (Å²) in [5, 5.41) is 17.2. The molecule has 1 heterocycles. The number of hydrogen-bond acceptors (Lipinski definition) is 4. The zero-order valence-corrected chi connectivity index (χ0v) is 26.2. The number of methoxy groups -OCH3 is 1. The van der Waals surface area contributed by atoms with Crippen LogP contribution in [0.3, 0.4) is 0 Å². The van der Waals surface area contributed by atoms with E-state index in [2.05, 4.69) is 19.2 Å². The number of carbonyl (C=O) groups is 2. The molecule has 0 aliphatic rings. The summed E-state index contributed by atoms with van der Waals surface area (Å²) in [4.78, 5) is 29.5. The van der Waals surface area contributed by atoms with Gasteiger partial charge in [0.25, 0.3) is 5.91 Å². The molecule has 0 fully saturated rings. The van der Waals surface area contributed by atoms with Gasteiger partial charge in [-0.1, -0.05) is 87.4 Å². The van der Waals surface area contributed by atoms with Crippen LogP contribution < -0.4 is 15.4 Å². The Hall–Kier alpha value is -4.14. The Morgan fingerprint density at radius 2 is 1.61 bits per heavy atom. The summed E-state index contributed by atoms with van der Waals surface area (Å²) in [7, 11) is 1.64. The Bertz CT molecular complexity index is 1480. The number of aliphatic hydroxyl groups is 1. The van der Waals surface area contributed by atoms with E-state index < -0.39 is 12.1 Å². The van der Waals surface area contributed by atoms with E-state index in [1.165, 1.54) is 0 Å². The summed E-state index contributed by atoms with van der Waals surface area (Å²) < 4.78 is 6.94. The quantitative estimate of drug-likeness (QED) is 0.169. The van der Waals surface area contributed by atoms with Gasteiger partial charge in [-0.05, 0) is 43.0 Å². The van der Waals surface area contributed by atoms with Gasteiger partial charge >= 0.3 is 6.03 Å². The maximum absolute atomic E-state index is 13.9. The Morgan fingerprint density at radius 3 is 2.32 bits per heavy atom. The highest BCUT2D eigenvalue weighted by Crippen LogP contribution is 2.23. The van der Waals surface area contributed by atoms with Crippen molar-refractivity contribution in [1.29, 1.82) is 0 Å². The summed E-state index contributed by atoms with van der Waals surface area (Å²) in [5.41, 5.74) is 3.23. The Balaban J connectivity index is 1.55. The standard InChI is InChI=1S/C36H46N4O4/c1-4-6-20-39(21-7-5-2)36(43)40-26-31(30-18-11-12-19-33(30)40)35(42)38-32(23-27-14-9-8-10-15-27)34(41)25-37-24-28-16-13-17-29(22-28)44-3/h8-19,22,26,32,34,37,41H,4-7,20-21,23-25H2,1-3H3,(H,38,42)/p+1/t32-,34+/m0/s1. The third-order valence-corrected chi connectivity index (χ3v) is 8.00. The van der Waals surface area contributed by atoms with Crippen LogP contribution in [0.2, 0.25) is 0 Å². The van der Waals surface area contributed by atoms with Crippen molar-refractivity contribution in [3.63, 3.8) is 0 Å². The maximum atomic E-state index is 13.9. The number of aromatic nitrogens is 1. The van der Waals surface area contributed by atoms with Gasteiger partial charge in [-0.25, -0.2) is 4.79 Å². The lowest BCUT2D eigenvalue weighted by Crippen LogP contribution is -2.85. The molecule has 4 N–H and O–H groups in total. The first-order valence-corrected chi connectivity index (χ1v) is 15.8. The zero-order chi connectivity index (χ0) is 31.3. The molecule has 1 aromatic heterocycles. The highest BCUT2D eigenvalue weighted by Gasteiger charge is 2.27. The fraction of sp³-hybridized carbons (Fsp3) is 0.389. The average molecular weight is 600 g/mol. The molecule has 44 heavy (non-hydrogen) atoms. The van der Waals surface area contributed by atoms with Gasteiger partial charge in [-0.2, -0.15) is 0 Å². The van der Waals surface area contributed by atoms with E-state index in [0.717, 1.165) is 42.6 Å². The predicted octanol–water partition coefficient (Wildman–Crippen LogP) is 4.99. The number of para-hydroxylation sites is 1. The van der Waals surface area contributed by atoms with Crippen LogP contribution in [0.1, 0.15) is 61.0 Å². The first-order chi connectivity index (χ1) is 21.4. The number of carbonyl (C=O) groups excluding carboxylic acids is 2. The fourth-order valence-electron chi connectivity index (χ4n) is 5.45. The number of quaternary nitrogens is 1. The number of aliphatic hydroxyl groups excluding tert-OH is 1. The van der Waals surface area contributed by atoms with E-state index in [1.54, 1.807) is 17.9 Å². The molecule has 4 rings (SSSR count). The SMILES string of the molecule is CCCCN(CCCC)C(=O)n1cc(C(=O)N[C@@H](Cc2ccccc2)[C@H](O)C[NH2+]Cc2cccc(OC)c2)c2ccccc21. The Labute approximate surface area is 261 Å². The smallest absolute Gasteiger partial charge is 0.328 e. The number of unbranched alkanes of at least 4 members (excludes halogenated alkanes) is 2. The van der Waals surface area contributed by atoms with Gasteiger partial charge in [0.1, 0.15) is 24.9 Å². The number of amides is 2. The summed E-state index contributed by atoms with van der Waals surface area (Å²) in [6.45, 7) is 6.67. The molecule has 0 unspecified atom stereocenters. The van der Waals surface area contributed by atoms with Crippen molar-refractivity contribution in [3.05, 3.63) is 102 Å². The number of hydrogen-bond donors (Lipinski definition) is 3. The summed E-state index contributed by atoms with van der Waals surface area (Å²) in [5.74, 6) is 0.483. The third kappa shape index (κ3) is 8.71. The number of rotatable bonds is 16. The summed E-state index contributed by atoms with van der Waals surface area (Å²) in [6, 6.07) is 24.6. The number of benzene rings is 3. The van der Waals surface area contributed by atoms with Gasteiger partial charge in [-0.15, -0.1) is 0 Å². The van der Waals surface area contributed by atoms with E-state index in [0.29, 0.717) is 49.1 Å². The second-order valence-corrected chi connectivity index (χ2v) is 11.3. The molecule has 2 amide bonds. The van der Waals surface area contributed by atoms with Crippen molar-refractivity contribution in [2.75, 3.05) is 26.7 Å². The molecule has 0 radical (unpaired) electrons. The van der Waals surface area contributed by atoms with Gasteiger partial charge in [0, 0.05) is 30.2 Å². The minimum absolute atomic E-state index is 0.116. The number of ether oxygens (including phenoxy) is 1. The van der Waals surface area contributed by atoms with Gasteiger partial charge in [-0.3, -0.25) is 9.36 Å². The van der Waals surface area contributed by atoms with E-state index >= 15 is 0 Å².